The number of ether oxygens (including phenoxy) is 1. The molecule has 2 atom stereocenters. The Hall–Kier alpha value is -2.96. The van der Waals surface area contributed by atoms with Crippen LogP contribution in [0.3, 0.4) is 0 Å². The lowest BCUT2D eigenvalue weighted by Gasteiger charge is -2.25. The molecule has 1 aliphatic rings. The number of rotatable bonds is 7. The topological polar surface area (TPSA) is 62.1 Å². The van der Waals surface area contributed by atoms with Gasteiger partial charge in [-0.15, -0.1) is 0 Å². The highest BCUT2D eigenvalue weighted by Crippen LogP contribution is 2.29. The van der Waals surface area contributed by atoms with Crippen molar-refractivity contribution in [3.63, 3.8) is 0 Å². The van der Waals surface area contributed by atoms with Crippen molar-refractivity contribution >= 4 is 17.4 Å². The van der Waals surface area contributed by atoms with Crippen molar-refractivity contribution < 1.29 is 23.4 Å². The summed E-state index contributed by atoms with van der Waals surface area (Å²) in [6.07, 6.45) is 0.671. The van der Waals surface area contributed by atoms with Gasteiger partial charge in [0.1, 0.15) is 6.61 Å². The summed E-state index contributed by atoms with van der Waals surface area (Å²) in [6, 6.07) is 8.19. The van der Waals surface area contributed by atoms with Crippen molar-refractivity contribution in [2.45, 2.75) is 46.6 Å². The summed E-state index contributed by atoms with van der Waals surface area (Å²) in [5.74, 6) is -3.88. The molecule has 0 aliphatic carbocycles. The second-order valence-electron chi connectivity index (χ2n) is 8.03. The fourth-order valence-electron chi connectivity index (χ4n) is 3.70. The van der Waals surface area contributed by atoms with E-state index in [0.29, 0.717) is 6.42 Å². The van der Waals surface area contributed by atoms with E-state index in [1.807, 2.05) is 37.9 Å². The van der Waals surface area contributed by atoms with E-state index < -0.39 is 29.3 Å². The fraction of sp³-hybridized carbons (Fsp3) is 0.391. The average Bonchev–Trinajstić information content (AvgIpc) is 3.00. The molecule has 0 fully saturated rings. The van der Waals surface area contributed by atoms with Crippen LogP contribution in [0, 0.1) is 31.4 Å². The SMILES string of the molecule is CC1=NN(c2cc(C)cc(C)c2)C(COc2c(F)cc(CC(C)C(=O)O)cc2F)C1. The van der Waals surface area contributed by atoms with Crippen molar-refractivity contribution in [1.82, 2.24) is 0 Å². The van der Waals surface area contributed by atoms with Crippen LogP contribution in [0.15, 0.2) is 35.4 Å². The van der Waals surface area contributed by atoms with Crippen LogP contribution in [0.1, 0.15) is 37.0 Å². The van der Waals surface area contributed by atoms with E-state index >= 15 is 0 Å². The largest absolute Gasteiger partial charge is 0.485 e. The maximum absolute atomic E-state index is 14.5. The highest BCUT2D eigenvalue weighted by atomic mass is 19.1. The van der Waals surface area contributed by atoms with Gasteiger partial charge in [0.25, 0.3) is 0 Å². The Kier molecular flexibility index (Phi) is 6.39. The third-order valence-corrected chi connectivity index (χ3v) is 5.07. The molecule has 3 rings (SSSR count). The number of aliphatic carboxylic acids is 1. The predicted molar refractivity (Wildman–Crippen MR) is 112 cm³/mol. The van der Waals surface area contributed by atoms with Gasteiger partial charge in [0, 0.05) is 12.1 Å². The van der Waals surface area contributed by atoms with Crippen LogP contribution in [0.2, 0.25) is 0 Å². The van der Waals surface area contributed by atoms with Crippen LogP contribution in [0.5, 0.6) is 5.75 Å². The van der Waals surface area contributed by atoms with Crippen molar-refractivity contribution in [2.24, 2.45) is 11.0 Å². The zero-order valence-corrected chi connectivity index (χ0v) is 17.6. The number of carbonyl (C=O) groups is 1. The zero-order valence-electron chi connectivity index (χ0n) is 17.6. The number of hydrazone groups is 1. The molecule has 1 aliphatic heterocycles. The number of anilines is 1. The molecule has 0 radical (unpaired) electrons. The van der Waals surface area contributed by atoms with Gasteiger partial charge in [0.05, 0.1) is 17.6 Å². The smallest absolute Gasteiger partial charge is 0.306 e. The van der Waals surface area contributed by atoms with Gasteiger partial charge < -0.3 is 9.84 Å². The van der Waals surface area contributed by atoms with Gasteiger partial charge in [-0.3, -0.25) is 9.80 Å². The number of hydrogen-bond donors (Lipinski definition) is 1. The first-order chi connectivity index (χ1) is 14.1. The quantitative estimate of drug-likeness (QED) is 0.699. The summed E-state index contributed by atoms with van der Waals surface area (Å²) in [5.41, 5.74) is 4.32. The molecule has 0 aromatic heterocycles. The standard InChI is InChI=1S/C23H26F2N2O3/c1-13-5-14(2)7-18(6-13)27-19(9-16(4)26-27)12-30-22-20(24)10-17(11-21(22)25)8-15(3)23(28)29/h5-7,10-11,15,19H,8-9,12H2,1-4H3,(H,28,29). The number of hydrogen-bond acceptors (Lipinski definition) is 4. The minimum absolute atomic E-state index is 0.0413. The highest BCUT2D eigenvalue weighted by Gasteiger charge is 2.28. The molecule has 0 saturated carbocycles. The van der Waals surface area contributed by atoms with Gasteiger partial charge in [0.15, 0.2) is 17.4 Å². The molecule has 0 bridgehead atoms. The molecule has 2 aromatic rings. The molecule has 2 unspecified atom stereocenters. The molecule has 1 heterocycles. The van der Waals surface area contributed by atoms with Gasteiger partial charge in [-0.1, -0.05) is 13.0 Å². The number of benzene rings is 2. The lowest BCUT2D eigenvalue weighted by Crippen LogP contribution is -2.32. The lowest BCUT2D eigenvalue weighted by molar-refractivity contribution is -0.141. The number of carboxylic acids is 1. The molecule has 2 aromatic carbocycles. The molecule has 7 heteroatoms. The van der Waals surface area contributed by atoms with Gasteiger partial charge >= 0.3 is 5.97 Å². The number of carboxylic acid groups (broad SMARTS) is 1. The van der Waals surface area contributed by atoms with Crippen LogP contribution in [-0.4, -0.2) is 29.4 Å². The van der Waals surface area contributed by atoms with E-state index in [0.717, 1.165) is 34.7 Å². The molecule has 0 amide bonds. The van der Waals surface area contributed by atoms with Gasteiger partial charge in [0.2, 0.25) is 0 Å². The Labute approximate surface area is 175 Å². The summed E-state index contributed by atoms with van der Waals surface area (Å²) >= 11 is 0. The van der Waals surface area contributed by atoms with Crippen LogP contribution in [0.25, 0.3) is 0 Å². The van der Waals surface area contributed by atoms with E-state index in [-0.39, 0.29) is 24.6 Å². The summed E-state index contributed by atoms with van der Waals surface area (Å²) in [6.45, 7) is 7.48. The van der Waals surface area contributed by atoms with Crippen LogP contribution in [-0.2, 0) is 11.2 Å². The highest BCUT2D eigenvalue weighted by molar-refractivity contribution is 5.86. The Morgan fingerprint density at radius 3 is 2.33 bits per heavy atom. The van der Waals surface area contributed by atoms with E-state index in [9.17, 15) is 13.6 Å². The van der Waals surface area contributed by atoms with Crippen LogP contribution in [0.4, 0.5) is 14.5 Å². The van der Waals surface area contributed by atoms with Gasteiger partial charge in [-0.25, -0.2) is 8.78 Å². The molecule has 0 spiro atoms. The van der Waals surface area contributed by atoms with E-state index in [2.05, 4.69) is 11.2 Å². The fourth-order valence-corrected chi connectivity index (χ4v) is 3.70. The number of halogens is 2. The Bertz CT molecular complexity index is 947. The lowest BCUT2D eigenvalue weighted by atomic mass is 10.0. The second kappa shape index (κ2) is 8.81. The molecule has 0 saturated heterocycles. The Morgan fingerprint density at radius 2 is 1.77 bits per heavy atom. The molecule has 1 N–H and O–H groups in total. The van der Waals surface area contributed by atoms with E-state index in [1.54, 1.807) is 0 Å². The van der Waals surface area contributed by atoms with E-state index in [4.69, 9.17) is 9.84 Å². The maximum atomic E-state index is 14.5. The first-order valence-corrected chi connectivity index (χ1v) is 9.89. The maximum Gasteiger partial charge on any atom is 0.306 e. The van der Waals surface area contributed by atoms with E-state index in [1.165, 1.54) is 6.92 Å². The second-order valence-corrected chi connectivity index (χ2v) is 8.03. The minimum Gasteiger partial charge on any atom is -0.485 e. The van der Waals surface area contributed by atoms with Crippen molar-refractivity contribution in [3.05, 3.63) is 58.7 Å². The molecule has 160 valence electrons. The summed E-state index contributed by atoms with van der Waals surface area (Å²) < 4.78 is 34.5. The van der Waals surface area contributed by atoms with Crippen molar-refractivity contribution in [2.75, 3.05) is 11.6 Å². The zero-order chi connectivity index (χ0) is 22.0. The third-order valence-electron chi connectivity index (χ3n) is 5.07. The molecule has 5 nitrogen and oxygen atoms in total. The average molecular weight is 416 g/mol. The van der Waals surface area contributed by atoms with Crippen LogP contribution >= 0.6 is 0 Å². The van der Waals surface area contributed by atoms with Crippen molar-refractivity contribution in [3.8, 4) is 5.75 Å². The first kappa shape index (κ1) is 21.7. The molecule has 30 heavy (non-hydrogen) atoms. The first-order valence-electron chi connectivity index (χ1n) is 9.89. The Morgan fingerprint density at radius 1 is 1.17 bits per heavy atom. The summed E-state index contributed by atoms with van der Waals surface area (Å²) in [7, 11) is 0. The third kappa shape index (κ3) is 4.96. The monoisotopic (exact) mass is 416 g/mol. The minimum atomic E-state index is -1.01. The molecular formula is C23H26F2N2O3. The Balaban J connectivity index is 1.75. The number of aryl methyl sites for hydroxylation is 2. The molecular weight excluding hydrogens is 390 g/mol. The summed E-state index contributed by atoms with van der Waals surface area (Å²) in [5, 5.41) is 15.4. The van der Waals surface area contributed by atoms with Gasteiger partial charge in [-0.2, -0.15) is 5.10 Å². The normalized spacial score (nSPS) is 17.1. The van der Waals surface area contributed by atoms with Crippen LogP contribution < -0.4 is 9.75 Å². The predicted octanol–water partition coefficient (Wildman–Crippen LogP) is 4.88. The summed E-state index contributed by atoms with van der Waals surface area (Å²) in [4.78, 5) is 11.0. The van der Waals surface area contributed by atoms with Gasteiger partial charge in [-0.05, 0) is 68.1 Å². The van der Waals surface area contributed by atoms with Crippen molar-refractivity contribution in [1.29, 1.82) is 0 Å². The number of nitrogens with zero attached hydrogens (tertiary/aromatic N) is 2.